The fraction of sp³-hybridized carbons (Fsp3) is 0.500. The van der Waals surface area contributed by atoms with Crippen LogP contribution in [0.25, 0.3) is 10.9 Å². The monoisotopic (exact) mass is 493 g/mol. The van der Waals surface area contributed by atoms with E-state index in [1.54, 1.807) is 31.4 Å². The molecule has 2 amide bonds. The van der Waals surface area contributed by atoms with E-state index in [0.717, 1.165) is 23.7 Å². The molecule has 0 bridgehead atoms. The maximum Gasteiger partial charge on any atom is 0.271 e. The predicted octanol–water partition coefficient (Wildman–Crippen LogP) is 4.61. The Balaban J connectivity index is 1.60. The van der Waals surface area contributed by atoms with E-state index in [2.05, 4.69) is 19.2 Å². The Bertz CT molecular complexity index is 1280. The Labute approximate surface area is 211 Å². The van der Waals surface area contributed by atoms with Crippen LogP contribution in [0.3, 0.4) is 0 Å². The maximum atomic E-state index is 14.1. The van der Waals surface area contributed by atoms with Crippen LogP contribution in [0.2, 0.25) is 0 Å². The number of carbonyl (C=O) groups is 2. The summed E-state index contributed by atoms with van der Waals surface area (Å²) in [6.45, 7) is 6.78. The molecular formula is C28H35N3O5. The summed E-state index contributed by atoms with van der Waals surface area (Å²) >= 11 is 0. The summed E-state index contributed by atoms with van der Waals surface area (Å²) in [6.07, 6.45) is 4.79. The van der Waals surface area contributed by atoms with Crippen LogP contribution in [-0.4, -0.2) is 47.1 Å². The first-order chi connectivity index (χ1) is 17.3. The molecule has 0 saturated heterocycles. The van der Waals surface area contributed by atoms with Gasteiger partial charge in [-0.05, 0) is 55.5 Å². The summed E-state index contributed by atoms with van der Waals surface area (Å²) in [5, 5.41) is 4.10. The number of aromatic nitrogens is 1. The van der Waals surface area contributed by atoms with Gasteiger partial charge in [0.15, 0.2) is 0 Å². The van der Waals surface area contributed by atoms with E-state index < -0.39 is 5.54 Å². The lowest BCUT2D eigenvalue weighted by molar-refractivity contribution is -0.134. The van der Waals surface area contributed by atoms with Crippen molar-refractivity contribution >= 4 is 22.7 Å². The van der Waals surface area contributed by atoms with E-state index in [-0.39, 0.29) is 30.9 Å². The van der Waals surface area contributed by atoms with Crippen molar-refractivity contribution < 1.29 is 23.5 Å². The van der Waals surface area contributed by atoms with Gasteiger partial charge in [-0.1, -0.05) is 26.7 Å². The summed E-state index contributed by atoms with van der Waals surface area (Å²) in [5.74, 6) is 2.43. The highest BCUT2D eigenvalue weighted by Gasteiger charge is 2.49. The van der Waals surface area contributed by atoms with Crippen molar-refractivity contribution in [3.8, 4) is 11.5 Å². The van der Waals surface area contributed by atoms with Crippen LogP contribution in [0, 0.1) is 11.8 Å². The number of carbonyl (C=O) groups excluding carboxylic acids is 2. The van der Waals surface area contributed by atoms with Gasteiger partial charge in [-0.15, -0.1) is 0 Å². The highest BCUT2D eigenvalue weighted by atomic mass is 16.5. The third-order valence-electron chi connectivity index (χ3n) is 8.35. The van der Waals surface area contributed by atoms with E-state index in [4.69, 9.17) is 13.9 Å². The predicted molar refractivity (Wildman–Crippen MR) is 136 cm³/mol. The number of benzene rings is 1. The standard InChI is InChI=1S/C28H35N3O5/c1-17-8-6-10-21(18(17)2)29-27(33)28(3)16-30-22(26(32)31(28)15-19-9-7-13-36-19)14-20-23(34-4)11-12-24(35-5)25(20)30/h7,9,11-14,17-18,21H,6,8,10,15-16H2,1-5H3,(H,29,33). The SMILES string of the molecule is COc1ccc(OC)c2c1cc1n2CC(C)(C(=O)NC2CCCC(C)C2C)N(Cc2ccco2)C1=O. The lowest BCUT2D eigenvalue weighted by Crippen LogP contribution is -2.65. The first-order valence-electron chi connectivity index (χ1n) is 12.7. The number of hydrogen-bond acceptors (Lipinski definition) is 5. The molecule has 2 aromatic heterocycles. The number of furan rings is 1. The number of rotatable bonds is 6. The van der Waals surface area contributed by atoms with Crippen molar-refractivity contribution in [2.24, 2.45) is 11.8 Å². The molecule has 192 valence electrons. The number of nitrogens with one attached hydrogen (secondary N) is 1. The van der Waals surface area contributed by atoms with Crippen molar-refractivity contribution in [3.63, 3.8) is 0 Å². The lowest BCUT2D eigenvalue weighted by atomic mass is 9.77. The van der Waals surface area contributed by atoms with Crippen molar-refractivity contribution in [2.75, 3.05) is 14.2 Å². The molecular weight excluding hydrogens is 458 g/mol. The Kier molecular flexibility index (Phi) is 6.22. The molecule has 1 fully saturated rings. The molecule has 5 rings (SSSR count). The molecule has 36 heavy (non-hydrogen) atoms. The van der Waals surface area contributed by atoms with E-state index in [0.29, 0.717) is 34.8 Å². The number of fused-ring (bicyclic) bond motifs is 3. The quantitative estimate of drug-likeness (QED) is 0.542. The van der Waals surface area contributed by atoms with Gasteiger partial charge in [0.05, 0.1) is 39.1 Å². The van der Waals surface area contributed by atoms with Crippen LogP contribution in [-0.2, 0) is 17.9 Å². The van der Waals surface area contributed by atoms with E-state index in [1.165, 1.54) is 6.42 Å². The first-order valence-corrected chi connectivity index (χ1v) is 12.7. The molecule has 1 aliphatic heterocycles. The smallest absolute Gasteiger partial charge is 0.271 e. The van der Waals surface area contributed by atoms with Gasteiger partial charge in [0.2, 0.25) is 5.91 Å². The third kappa shape index (κ3) is 3.83. The van der Waals surface area contributed by atoms with Gasteiger partial charge in [0.1, 0.15) is 28.5 Å². The Morgan fingerprint density at radius 2 is 1.92 bits per heavy atom. The minimum absolute atomic E-state index is 0.0797. The third-order valence-corrected chi connectivity index (χ3v) is 8.35. The van der Waals surface area contributed by atoms with Gasteiger partial charge >= 0.3 is 0 Å². The van der Waals surface area contributed by atoms with Crippen LogP contribution in [0.15, 0.2) is 41.0 Å². The summed E-state index contributed by atoms with van der Waals surface area (Å²) in [5.41, 5.74) is 0.0953. The zero-order valence-electron chi connectivity index (χ0n) is 21.7. The highest BCUT2D eigenvalue weighted by Crippen LogP contribution is 2.41. The van der Waals surface area contributed by atoms with E-state index >= 15 is 0 Å². The summed E-state index contributed by atoms with van der Waals surface area (Å²) in [4.78, 5) is 29.8. The minimum atomic E-state index is -1.14. The summed E-state index contributed by atoms with van der Waals surface area (Å²) in [6, 6.07) is 9.19. The van der Waals surface area contributed by atoms with E-state index in [1.807, 2.05) is 35.8 Å². The molecule has 3 aromatic rings. The van der Waals surface area contributed by atoms with Crippen molar-refractivity contribution in [2.45, 2.75) is 64.7 Å². The number of amides is 2. The molecule has 1 saturated carbocycles. The first kappa shape index (κ1) is 24.3. The van der Waals surface area contributed by atoms with E-state index in [9.17, 15) is 9.59 Å². The largest absolute Gasteiger partial charge is 0.496 e. The molecule has 0 spiro atoms. The molecule has 0 radical (unpaired) electrons. The fourth-order valence-electron chi connectivity index (χ4n) is 5.87. The minimum Gasteiger partial charge on any atom is -0.496 e. The summed E-state index contributed by atoms with van der Waals surface area (Å²) < 4.78 is 18.7. The van der Waals surface area contributed by atoms with Gasteiger partial charge < -0.3 is 28.7 Å². The number of ether oxygens (including phenoxy) is 2. The van der Waals surface area contributed by atoms with Gasteiger partial charge in [0, 0.05) is 11.4 Å². The molecule has 8 nitrogen and oxygen atoms in total. The number of methoxy groups -OCH3 is 2. The number of hydrogen-bond donors (Lipinski definition) is 1. The second kappa shape index (κ2) is 9.22. The van der Waals surface area contributed by atoms with Gasteiger partial charge in [-0.25, -0.2) is 0 Å². The summed E-state index contributed by atoms with van der Waals surface area (Å²) in [7, 11) is 3.21. The molecule has 1 aliphatic carbocycles. The maximum absolute atomic E-state index is 14.1. The van der Waals surface area contributed by atoms with Crippen LogP contribution in [0.5, 0.6) is 11.5 Å². The van der Waals surface area contributed by atoms with Crippen molar-refractivity contribution in [1.82, 2.24) is 14.8 Å². The van der Waals surface area contributed by atoms with Crippen LogP contribution in [0.4, 0.5) is 0 Å². The zero-order valence-corrected chi connectivity index (χ0v) is 21.7. The Morgan fingerprint density at radius 3 is 2.61 bits per heavy atom. The topological polar surface area (TPSA) is 85.9 Å². The highest BCUT2D eigenvalue weighted by molar-refractivity contribution is 6.05. The second-order valence-electron chi connectivity index (χ2n) is 10.4. The zero-order chi connectivity index (χ0) is 25.6. The van der Waals surface area contributed by atoms with Crippen molar-refractivity contribution in [1.29, 1.82) is 0 Å². The fourth-order valence-corrected chi connectivity index (χ4v) is 5.87. The normalized spacial score (nSPS) is 26.1. The molecule has 2 aliphatic rings. The molecule has 3 heterocycles. The Hall–Kier alpha value is -3.42. The van der Waals surface area contributed by atoms with Gasteiger partial charge in [0.25, 0.3) is 5.91 Å². The average Bonchev–Trinajstić information content (AvgIpc) is 3.52. The van der Waals surface area contributed by atoms with Crippen molar-refractivity contribution in [3.05, 3.63) is 48.0 Å². The van der Waals surface area contributed by atoms with Gasteiger partial charge in [-0.2, -0.15) is 0 Å². The number of nitrogens with zero attached hydrogens (tertiary/aromatic N) is 2. The van der Waals surface area contributed by atoms with Gasteiger partial charge in [-0.3, -0.25) is 9.59 Å². The average molecular weight is 494 g/mol. The van der Waals surface area contributed by atoms with Crippen LogP contribution < -0.4 is 14.8 Å². The second-order valence-corrected chi connectivity index (χ2v) is 10.4. The molecule has 8 heteroatoms. The molecule has 1 N–H and O–H groups in total. The molecule has 4 atom stereocenters. The Morgan fingerprint density at radius 1 is 1.17 bits per heavy atom. The molecule has 4 unspecified atom stereocenters. The lowest BCUT2D eigenvalue weighted by Gasteiger charge is -2.45. The van der Waals surface area contributed by atoms with Crippen LogP contribution >= 0.6 is 0 Å². The molecule has 1 aromatic carbocycles. The van der Waals surface area contributed by atoms with Crippen LogP contribution in [0.1, 0.15) is 56.3 Å².